The van der Waals surface area contributed by atoms with Gasteiger partial charge in [0.15, 0.2) is 0 Å². The number of rotatable bonds is 6. The van der Waals surface area contributed by atoms with Gasteiger partial charge in [0.25, 0.3) is 0 Å². The topological polar surface area (TPSA) is 102 Å². The number of anilines is 2. The van der Waals surface area contributed by atoms with Crippen LogP contribution in [0.1, 0.15) is 50.6 Å². The first kappa shape index (κ1) is 16.9. The third kappa shape index (κ3) is 4.11. The van der Waals surface area contributed by atoms with E-state index in [4.69, 9.17) is 4.74 Å². The van der Waals surface area contributed by atoms with Gasteiger partial charge in [-0.2, -0.15) is 4.98 Å². The van der Waals surface area contributed by atoms with Crippen LogP contribution in [0.25, 0.3) is 0 Å². The number of ether oxygens (including phenoxy) is 1. The van der Waals surface area contributed by atoms with Crippen LogP contribution in [0.4, 0.5) is 17.5 Å². The zero-order valence-corrected chi connectivity index (χ0v) is 14.1. The minimum Gasteiger partial charge on any atom is -0.376 e. The smallest absolute Gasteiger partial charge is 0.332 e. The lowest BCUT2D eigenvalue weighted by molar-refractivity contribution is -0.385. The summed E-state index contributed by atoms with van der Waals surface area (Å²) in [7, 11) is 0. The van der Waals surface area contributed by atoms with Gasteiger partial charge in [-0.15, -0.1) is 0 Å². The van der Waals surface area contributed by atoms with Crippen LogP contribution in [0.5, 0.6) is 0 Å². The third-order valence-corrected chi connectivity index (χ3v) is 4.70. The molecule has 8 heteroatoms. The summed E-state index contributed by atoms with van der Waals surface area (Å²) in [4.78, 5) is 19.6. The van der Waals surface area contributed by atoms with E-state index >= 15 is 0 Å². The number of aromatic nitrogens is 2. The van der Waals surface area contributed by atoms with Crippen molar-refractivity contribution < 1.29 is 9.66 Å². The maximum Gasteiger partial charge on any atom is 0.332 e. The first-order valence-corrected chi connectivity index (χ1v) is 8.78. The highest BCUT2D eigenvalue weighted by Gasteiger charge is 2.25. The number of aryl methyl sites for hydroxylation is 1. The number of nitro groups is 1. The van der Waals surface area contributed by atoms with E-state index in [1.807, 2.05) is 0 Å². The first-order valence-electron chi connectivity index (χ1n) is 8.78. The van der Waals surface area contributed by atoms with E-state index < -0.39 is 4.92 Å². The Morgan fingerprint density at radius 3 is 2.67 bits per heavy atom. The zero-order chi connectivity index (χ0) is 16.9. The van der Waals surface area contributed by atoms with Gasteiger partial charge in [0.1, 0.15) is 5.69 Å². The maximum atomic E-state index is 11.4. The van der Waals surface area contributed by atoms with Gasteiger partial charge in [0.05, 0.1) is 11.0 Å². The lowest BCUT2D eigenvalue weighted by Crippen LogP contribution is -2.25. The lowest BCUT2D eigenvalue weighted by atomic mass is 9.95. The summed E-state index contributed by atoms with van der Waals surface area (Å²) in [6.07, 6.45) is 7.85. The van der Waals surface area contributed by atoms with Crippen molar-refractivity contribution in [2.24, 2.45) is 0 Å². The minimum atomic E-state index is -0.398. The molecular formula is C16H25N5O3. The average molecular weight is 335 g/mol. The van der Waals surface area contributed by atoms with Crippen molar-refractivity contribution >= 4 is 17.5 Å². The van der Waals surface area contributed by atoms with Crippen LogP contribution in [0.3, 0.4) is 0 Å². The Kier molecular flexibility index (Phi) is 5.44. The fraction of sp³-hybridized carbons (Fsp3) is 0.750. The van der Waals surface area contributed by atoms with Crippen molar-refractivity contribution in [2.75, 3.05) is 23.8 Å². The van der Waals surface area contributed by atoms with Gasteiger partial charge in [0, 0.05) is 19.2 Å². The van der Waals surface area contributed by atoms with Crippen LogP contribution < -0.4 is 10.6 Å². The molecule has 0 spiro atoms. The molecule has 1 aromatic rings. The molecule has 1 unspecified atom stereocenters. The second-order valence-corrected chi connectivity index (χ2v) is 6.58. The van der Waals surface area contributed by atoms with E-state index in [0.717, 1.165) is 45.1 Å². The number of hydrogen-bond acceptors (Lipinski definition) is 7. The predicted octanol–water partition coefficient (Wildman–Crippen LogP) is 3.03. The molecule has 1 saturated carbocycles. The molecule has 2 aliphatic rings. The zero-order valence-electron chi connectivity index (χ0n) is 14.1. The van der Waals surface area contributed by atoms with Crippen molar-refractivity contribution in [3.05, 3.63) is 15.8 Å². The molecule has 1 saturated heterocycles. The second kappa shape index (κ2) is 7.74. The Balaban J connectivity index is 1.75. The van der Waals surface area contributed by atoms with Crippen LogP contribution >= 0.6 is 0 Å². The predicted molar refractivity (Wildman–Crippen MR) is 91.4 cm³/mol. The molecular weight excluding hydrogens is 310 g/mol. The highest BCUT2D eigenvalue weighted by Crippen LogP contribution is 2.30. The number of hydrogen-bond donors (Lipinski definition) is 2. The average Bonchev–Trinajstić information content (AvgIpc) is 3.06. The Labute approximate surface area is 141 Å². The second-order valence-electron chi connectivity index (χ2n) is 6.58. The molecule has 1 aliphatic heterocycles. The van der Waals surface area contributed by atoms with E-state index in [9.17, 15) is 10.1 Å². The molecule has 132 valence electrons. The molecule has 8 nitrogen and oxygen atoms in total. The van der Waals surface area contributed by atoms with E-state index in [0.29, 0.717) is 24.0 Å². The van der Waals surface area contributed by atoms with Gasteiger partial charge in [0.2, 0.25) is 11.8 Å². The molecule has 0 amide bonds. The fourth-order valence-corrected chi connectivity index (χ4v) is 3.42. The highest BCUT2D eigenvalue weighted by molar-refractivity contribution is 5.61. The Morgan fingerprint density at radius 2 is 2.00 bits per heavy atom. The van der Waals surface area contributed by atoms with Crippen molar-refractivity contribution in [2.45, 2.75) is 64.0 Å². The van der Waals surface area contributed by atoms with Crippen molar-refractivity contribution in [1.29, 1.82) is 0 Å². The van der Waals surface area contributed by atoms with Gasteiger partial charge in [-0.3, -0.25) is 10.1 Å². The van der Waals surface area contributed by atoms with Crippen LogP contribution in [0.15, 0.2) is 0 Å². The molecule has 1 atom stereocenters. The fourth-order valence-electron chi connectivity index (χ4n) is 3.42. The lowest BCUT2D eigenvalue weighted by Gasteiger charge is -2.23. The van der Waals surface area contributed by atoms with Crippen LogP contribution in [-0.4, -0.2) is 40.2 Å². The molecule has 2 N–H and O–H groups in total. The van der Waals surface area contributed by atoms with E-state index in [1.165, 1.54) is 6.42 Å². The quantitative estimate of drug-likeness (QED) is 0.608. The highest BCUT2D eigenvalue weighted by atomic mass is 16.6. The Morgan fingerprint density at radius 1 is 1.21 bits per heavy atom. The summed E-state index contributed by atoms with van der Waals surface area (Å²) in [5.74, 6) is 0.751. The molecule has 0 bridgehead atoms. The van der Waals surface area contributed by atoms with E-state index in [2.05, 4.69) is 20.6 Å². The Bertz CT molecular complexity index is 583. The molecule has 1 aromatic heterocycles. The number of nitrogens with zero attached hydrogens (tertiary/aromatic N) is 3. The third-order valence-electron chi connectivity index (χ3n) is 4.70. The largest absolute Gasteiger partial charge is 0.376 e. The Hall–Kier alpha value is -1.96. The summed E-state index contributed by atoms with van der Waals surface area (Å²) in [5.41, 5.74) is 0.353. The summed E-state index contributed by atoms with van der Waals surface area (Å²) in [6, 6.07) is 0.248. The normalized spacial score (nSPS) is 21.6. The molecule has 1 aliphatic carbocycles. The summed E-state index contributed by atoms with van der Waals surface area (Å²) in [5, 5.41) is 17.8. The summed E-state index contributed by atoms with van der Waals surface area (Å²) < 4.78 is 5.58. The van der Waals surface area contributed by atoms with Gasteiger partial charge < -0.3 is 15.4 Å². The molecule has 3 rings (SSSR count). The molecule has 2 fully saturated rings. The standard InChI is InChI=1S/C16H25N5O3/c1-11-14(21(22)23)15(19-12-6-3-2-4-7-12)20-16(18-11)17-10-13-8-5-9-24-13/h12-13H,2-10H2,1H3,(H2,17,18,19,20). The number of nitrogens with one attached hydrogen (secondary N) is 2. The minimum absolute atomic E-state index is 0.0248. The van der Waals surface area contributed by atoms with E-state index in [-0.39, 0.29) is 17.8 Å². The first-order chi connectivity index (χ1) is 11.6. The van der Waals surface area contributed by atoms with Gasteiger partial charge in [-0.1, -0.05) is 19.3 Å². The van der Waals surface area contributed by atoms with Crippen LogP contribution in [0, 0.1) is 17.0 Å². The maximum absolute atomic E-state index is 11.4. The van der Waals surface area contributed by atoms with Crippen LogP contribution in [0.2, 0.25) is 0 Å². The molecule has 24 heavy (non-hydrogen) atoms. The monoisotopic (exact) mass is 335 g/mol. The van der Waals surface area contributed by atoms with Gasteiger partial charge in [-0.05, 0) is 32.6 Å². The summed E-state index contributed by atoms with van der Waals surface area (Å²) in [6.45, 7) is 3.07. The van der Waals surface area contributed by atoms with Crippen molar-refractivity contribution in [3.8, 4) is 0 Å². The molecule has 2 heterocycles. The molecule has 0 aromatic carbocycles. The van der Waals surface area contributed by atoms with E-state index in [1.54, 1.807) is 6.92 Å². The SMILES string of the molecule is Cc1nc(NCC2CCCO2)nc(NC2CCCCC2)c1[N+](=O)[O-]. The van der Waals surface area contributed by atoms with Crippen molar-refractivity contribution in [1.82, 2.24) is 9.97 Å². The van der Waals surface area contributed by atoms with Crippen molar-refractivity contribution in [3.63, 3.8) is 0 Å². The van der Waals surface area contributed by atoms with Gasteiger partial charge in [-0.25, -0.2) is 4.98 Å². The molecule has 0 radical (unpaired) electrons. The van der Waals surface area contributed by atoms with Crippen LogP contribution in [-0.2, 0) is 4.74 Å². The summed E-state index contributed by atoms with van der Waals surface area (Å²) >= 11 is 0. The van der Waals surface area contributed by atoms with Gasteiger partial charge >= 0.3 is 5.69 Å².